The van der Waals surface area contributed by atoms with Crippen molar-refractivity contribution in [3.8, 4) is 89.7 Å². The Morgan fingerprint density at radius 3 is 0.989 bits per heavy atom. The molecule has 17 aromatic rings. The summed E-state index contributed by atoms with van der Waals surface area (Å²) in [5, 5.41) is 18.9. The summed E-state index contributed by atoms with van der Waals surface area (Å²) in [6.45, 7) is 2.09. The Bertz CT molecular complexity index is 5650. The number of aryl methyl sites for hydroxylation is 1. The SMILES string of the molecule is Cc1cc(-c2ccc3c(-c4ccc5ccccc5c4)c4ccc(-c5ncc(-c6ccccc6)cn5)cc4c(-c4ccc5ccccc5c4)c3c2)nc(-c2ccc3c(-c4ccc5ccccc5c4)c4ccccc4c(-c4ccc5ccccc5c4)c3c2)n1. The van der Waals surface area contributed by atoms with Gasteiger partial charge in [0.2, 0.25) is 0 Å². The van der Waals surface area contributed by atoms with Gasteiger partial charge < -0.3 is 0 Å². The van der Waals surface area contributed by atoms with Crippen molar-refractivity contribution in [3.05, 3.63) is 303 Å². The summed E-state index contributed by atoms with van der Waals surface area (Å²) in [4.78, 5) is 20.9. The van der Waals surface area contributed by atoms with E-state index in [1.165, 1.54) is 81.5 Å². The van der Waals surface area contributed by atoms with Crippen molar-refractivity contribution in [1.82, 2.24) is 19.9 Å². The zero-order valence-corrected chi connectivity index (χ0v) is 47.6. The molecule has 404 valence electrons. The van der Waals surface area contributed by atoms with Crippen LogP contribution in [0.5, 0.6) is 0 Å². The second kappa shape index (κ2) is 20.4. The highest BCUT2D eigenvalue weighted by Gasteiger charge is 2.23. The number of benzene rings is 15. The average molecular weight is 1110 g/mol. The molecule has 0 aliphatic carbocycles. The minimum Gasteiger partial charge on any atom is -0.236 e. The number of hydrogen-bond acceptors (Lipinski definition) is 4. The highest BCUT2D eigenvalue weighted by Crippen LogP contribution is 2.49. The van der Waals surface area contributed by atoms with E-state index in [4.69, 9.17) is 19.9 Å². The smallest absolute Gasteiger partial charge is 0.160 e. The number of aromatic nitrogens is 4. The van der Waals surface area contributed by atoms with Crippen LogP contribution in [-0.2, 0) is 0 Å². The summed E-state index contributed by atoms with van der Waals surface area (Å²) in [5.74, 6) is 1.34. The van der Waals surface area contributed by atoms with Crippen LogP contribution in [0.1, 0.15) is 5.69 Å². The maximum Gasteiger partial charge on any atom is 0.160 e. The molecular formula is C83H52N4. The van der Waals surface area contributed by atoms with Gasteiger partial charge in [-0.25, -0.2) is 19.9 Å². The Morgan fingerprint density at radius 1 is 0.207 bits per heavy atom. The van der Waals surface area contributed by atoms with E-state index < -0.39 is 0 Å². The van der Waals surface area contributed by atoms with Gasteiger partial charge in [0.05, 0.1) is 5.69 Å². The molecule has 2 aromatic heterocycles. The predicted molar refractivity (Wildman–Crippen MR) is 366 cm³/mol. The van der Waals surface area contributed by atoms with Crippen LogP contribution < -0.4 is 0 Å². The quantitative estimate of drug-likeness (QED) is 0.142. The molecule has 87 heavy (non-hydrogen) atoms. The number of rotatable bonds is 8. The summed E-state index contributed by atoms with van der Waals surface area (Å²) in [6, 6.07) is 104. The van der Waals surface area contributed by atoms with Crippen molar-refractivity contribution in [2.75, 3.05) is 0 Å². The first kappa shape index (κ1) is 50.1. The van der Waals surface area contributed by atoms with Crippen LogP contribution in [0.2, 0.25) is 0 Å². The van der Waals surface area contributed by atoms with Crippen LogP contribution in [0, 0.1) is 6.92 Å². The van der Waals surface area contributed by atoms with Gasteiger partial charge >= 0.3 is 0 Å². The van der Waals surface area contributed by atoms with Crippen molar-refractivity contribution in [2.45, 2.75) is 6.92 Å². The predicted octanol–water partition coefficient (Wildman–Crippen LogP) is 22.1. The second-order valence-corrected chi connectivity index (χ2v) is 23.0. The molecule has 4 nitrogen and oxygen atoms in total. The second-order valence-electron chi connectivity index (χ2n) is 23.0. The number of fused-ring (bicyclic) bond motifs is 8. The van der Waals surface area contributed by atoms with E-state index in [0.29, 0.717) is 11.6 Å². The minimum atomic E-state index is 0.669. The Morgan fingerprint density at radius 2 is 0.540 bits per heavy atom. The fourth-order valence-corrected chi connectivity index (χ4v) is 13.6. The van der Waals surface area contributed by atoms with Crippen LogP contribution in [0.4, 0.5) is 0 Å². The molecule has 0 atom stereocenters. The first-order valence-electron chi connectivity index (χ1n) is 29.7. The van der Waals surface area contributed by atoms with Crippen molar-refractivity contribution in [1.29, 1.82) is 0 Å². The van der Waals surface area contributed by atoms with Gasteiger partial charge in [-0.3, -0.25) is 0 Å². The van der Waals surface area contributed by atoms with Gasteiger partial charge in [-0.1, -0.05) is 237 Å². The van der Waals surface area contributed by atoms with E-state index >= 15 is 0 Å². The van der Waals surface area contributed by atoms with Crippen LogP contribution in [0.15, 0.2) is 298 Å². The van der Waals surface area contributed by atoms with Crippen LogP contribution >= 0.6 is 0 Å². The maximum absolute atomic E-state index is 5.58. The summed E-state index contributed by atoms with van der Waals surface area (Å²) < 4.78 is 0. The van der Waals surface area contributed by atoms with Gasteiger partial charge in [0, 0.05) is 40.3 Å². The monoisotopic (exact) mass is 1100 g/mol. The van der Waals surface area contributed by atoms with Crippen LogP contribution in [0.25, 0.3) is 176 Å². The molecule has 0 unspecified atom stereocenters. The third-order valence-corrected chi connectivity index (χ3v) is 17.7. The molecule has 2 heterocycles. The lowest BCUT2D eigenvalue weighted by Crippen LogP contribution is -1.97. The molecule has 0 aliphatic heterocycles. The molecule has 0 saturated carbocycles. The maximum atomic E-state index is 5.58. The van der Waals surface area contributed by atoms with Crippen molar-refractivity contribution >= 4 is 86.2 Å². The minimum absolute atomic E-state index is 0.669. The van der Waals surface area contributed by atoms with E-state index in [9.17, 15) is 0 Å². The average Bonchev–Trinajstić information content (AvgIpc) is 2.00. The highest BCUT2D eigenvalue weighted by atomic mass is 14.9. The number of hydrogen-bond donors (Lipinski definition) is 0. The van der Waals surface area contributed by atoms with E-state index in [0.717, 1.165) is 88.4 Å². The van der Waals surface area contributed by atoms with Gasteiger partial charge in [0.15, 0.2) is 11.6 Å². The Hall–Kier alpha value is -11.5. The van der Waals surface area contributed by atoms with Crippen molar-refractivity contribution in [2.24, 2.45) is 0 Å². The van der Waals surface area contributed by atoms with Gasteiger partial charge in [-0.2, -0.15) is 0 Å². The topological polar surface area (TPSA) is 51.6 Å². The molecular weight excluding hydrogens is 1050 g/mol. The van der Waals surface area contributed by atoms with Crippen LogP contribution in [0.3, 0.4) is 0 Å². The lowest BCUT2D eigenvalue weighted by atomic mass is 9.83. The van der Waals surface area contributed by atoms with E-state index in [-0.39, 0.29) is 0 Å². The van der Waals surface area contributed by atoms with Gasteiger partial charge in [-0.05, 0) is 192 Å². The molecule has 0 N–H and O–H groups in total. The first-order valence-corrected chi connectivity index (χ1v) is 29.7. The third-order valence-electron chi connectivity index (χ3n) is 17.7. The van der Waals surface area contributed by atoms with Gasteiger partial charge in [0.25, 0.3) is 0 Å². The van der Waals surface area contributed by atoms with E-state index in [1.54, 1.807) is 0 Å². The standard InChI is InChI=1S/C83H52N4/c1-51-41-77(87-83(86-51)67-37-40-72-75(48-67)80(64-33-29-55-19-7-11-23-59(55)44-64)70-26-14-13-25-69(70)78(72)62-31-27-53-17-5-9-21-57(53)42-62)61-35-38-71-74(46-61)81(65-34-30-56-20-8-12-24-60(56)45-65)76-47-66(82-84-49-68(50-85-82)52-15-3-2-4-16-52)36-39-73(76)79(71)63-32-28-54-18-6-10-22-58(54)43-63/h2-50H,1H3. The zero-order valence-electron chi connectivity index (χ0n) is 47.6. The van der Waals surface area contributed by atoms with E-state index in [2.05, 4.69) is 274 Å². The zero-order chi connectivity index (χ0) is 57.5. The molecule has 0 amide bonds. The van der Waals surface area contributed by atoms with Gasteiger partial charge in [-0.15, -0.1) is 0 Å². The molecule has 0 bridgehead atoms. The lowest BCUT2D eigenvalue weighted by molar-refractivity contribution is 1.12. The molecule has 0 saturated heterocycles. The summed E-state index contributed by atoms with van der Waals surface area (Å²) in [5.41, 5.74) is 16.0. The molecule has 4 heteroatoms. The summed E-state index contributed by atoms with van der Waals surface area (Å²) >= 11 is 0. The fourth-order valence-electron chi connectivity index (χ4n) is 13.6. The molecule has 17 rings (SSSR count). The van der Waals surface area contributed by atoms with Crippen LogP contribution in [-0.4, -0.2) is 19.9 Å². The summed E-state index contributed by atoms with van der Waals surface area (Å²) in [7, 11) is 0. The molecule has 0 aliphatic rings. The normalized spacial score (nSPS) is 11.7. The Balaban J connectivity index is 0.892. The summed E-state index contributed by atoms with van der Waals surface area (Å²) in [6.07, 6.45) is 3.87. The molecule has 0 spiro atoms. The lowest BCUT2D eigenvalue weighted by Gasteiger charge is -2.20. The Kier molecular flexibility index (Phi) is 11.8. The molecule has 0 radical (unpaired) electrons. The highest BCUT2D eigenvalue weighted by molar-refractivity contribution is 6.24. The molecule has 15 aromatic carbocycles. The fraction of sp³-hybridized carbons (Fsp3) is 0.0120. The molecule has 0 fully saturated rings. The third kappa shape index (κ3) is 8.68. The van der Waals surface area contributed by atoms with Crippen molar-refractivity contribution < 1.29 is 0 Å². The largest absolute Gasteiger partial charge is 0.236 e. The first-order chi connectivity index (χ1) is 43.0. The van der Waals surface area contributed by atoms with E-state index in [1.807, 2.05) is 30.6 Å². The van der Waals surface area contributed by atoms with Crippen molar-refractivity contribution in [3.63, 3.8) is 0 Å². The van der Waals surface area contributed by atoms with Gasteiger partial charge in [0.1, 0.15) is 0 Å². The Labute approximate surface area is 503 Å². The number of nitrogens with zero attached hydrogens (tertiary/aromatic N) is 4.